The standard InChI is InChI=1S/C37H43N3O6S/c1-27(2)24-38-37(42)34(23-29-13-7-6-8-14-29)39(25-30-15-11-12-28(3)22-30)36(41)26-40(33-16-9-10-17-35(33)46-5)47(43,44)32-20-18-31(45-4)19-21-32/h6-22,27,34H,23-26H2,1-5H3,(H,38,42)/t34-/m0/s1. The Balaban J connectivity index is 1.83. The Kier molecular flexibility index (Phi) is 12.0. The van der Waals surface area contributed by atoms with Gasteiger partial charge in [-0.2, -0.15) is 0 Å². The average molecular weight is 658 g/mol. The predicted octanol–water partition coefficient (Wildman–Crippen LogP) is 5.62. The van der Waals surface area contributed by atoms with E-state index in [4.69, 9.17) is 9.47 Å². The molecule has 1 N–H and O–H groups in total. The Hall–Kier alpha value is -4.83. The van der Waals surface area contributed by atoms with Crippen LogP contribution in [-0.2, 0) is 32.6 Å². The molecular formula is C37H43N3O6S. The number of benzene rings is 4. The molecule has 0 spiro atoms. The number of hydrogen-bond acceptors (Lipinski definition) is 6. The number of ether oxygens (including phenoxy) is 2. The second kappa shape index (κ2) is 16.1. The van der Waals surface area contributed by atoms with Gasteiger partial charge in [0.1, 0.15) is 24.1 Å². The average Bonchev–Trinajstić information content (AvgIpc) is 3.08. The van der Waals surface area contributed by atoms with Crippen LogP contribution in [0.25, 0.3) is 0 Å². The Morgan fingerprint density at radius 2 is 1.47 bits per heavy atom. The van der Waals surface area contributed by atoms with Crippen LogP contribution in [0.5, 0.6) is 11.5 Å². The lowest BCUT2D eigenvalue weighted by atomic mass is 10.0. The first-order chi connectivity index (χ1) is 22.5. The monoisotopic (exact) mass is 657 g/mol. The normalized spacial score (nSPS) is 11.9. The van der Waals surface area contributed by atoms with Gasteiger partial charge < -0.3 is 19.7 Å². The van der Waals surface area contributed by atoms with Crippen molar-refractivity contribution in [3.63, 3.8) is 0 Å². The second-order valence-electron chi connectivity index (χ2n) is 11.7. The number of sulfonamides is 1. The van der Waals surface area contributed by atoms with Gasteiger partial charge in [-0.25, -0.2) is 8.42 Å². The maximum absolute atomic E-state index is 14.6. The molecule has 9 nitrogen and oxygen atoms in total. The summed E-state index contributed by atoms with van der Waals surface area (Å²) < 4.78 is 40.5. The Morgan fingerprint density at radius 1 is 0.809 bits per heavy atom. The molecule has 0 fully saturated rings. The van der Waals surface area contributed by atoms with E-state index in [0.29, 0.717) is 12.3 Å². The number of carbonyl (C=O) groups is 2. The van der Waals surface area contributed by atoms with E-state index in [1.54, 1.807) is 36.4 Å². The Labute approximate surface area is 278 Å². The summed E-state index contributed by atoms with van der Waals surface area (Å²) in [5.74, 6) is 0.0935. The lowest BCUT2D eigenvalue weighted by Crippen LogP contribution is -2.53. The summed E-state index contributed by atoms with van der Waals surface area (Å²) in [6.45, 7) is 5.89. The van der Waals surface area contributed by atoms with Crippen LogP contribution in [0.3, 0.4) is 0 Å². The number of rotatable bonds is 15. The molecule has 0 saturated carbocycles. The number of hydrogen-bond donors (Lipinski definition) is 1. The molecule has 0 aliphatic carbocycles. The number of anilines is 1. The fourth-order valence-corrected chi connectivity index (χ4v) is 6.63. The van der Waals surface area contributed by atoms with Crippen LogP contribution in [0.2, 0.25) is 0 Å². The van der Waals surface area contributed by atoms with Gasteiger partial charge in [0.25, 0.3) is 10.0 Å². The molecule has 0 aromatic heterocycles. The number of methoxy groups -OCH3 is 2. The van der Waals surface area contributed by atoms with Crippen molar-refractivity contribution in [1.82, 2.24) is 10.2 Å². The number of para-hydroxylation sites is 2. The number of amides is 2. The molecular weight excluding hydrogens is 614 g/mol. The van der Waals surface area contributed by atoms with Gasteiger partial charge in [0, 0.05) is 19.5 Å². The zero-order valence-corrected chi connectivity index (χ0v) is 28.4. The second-order valence-corrected chi connectivity index (χ2v) is 13.6. The van der Waals surface area contributed by atoms with E-state index in [2.05, 4.69) is 5.32 Å². The third kappa shape index (κ3) is 9.13. The van der Waals surface area contributed by atoms with Crippen molar-refractivity contribution >= 4 is 27.5 Å². The first-order valence-corrected chi connectivity index (χ1v) is 16.9. The fourth-order valence-electron chi connectivity index (χ4n) is 5.21. The zero-order valence-electron chi connectivity index (χ0n) is 27.6. The Morgan fingerprint density at radius 3 is 2.11 bits per heavy atom. The van der Waals surface area contributed by atoms with E-state index < -0.39 is 28.5 Å². The summed E-state index contributed by atoms with van der Waals surface area (Å²) in [6, 6.07) is 28.9. The van der Waals surface area contributed by atoms with Gasteiger partial charge >= 0.3 is 0 Å². The highest BCUT2D eigenvalue weighted by atomic mass is 32.2. The first-order valence-electron chi connectivity index (χ1n) is 15.5. The van der Waals surface area contributed by atoms with Gasteiger partial charge in [0.05, 0.1) is 24.8 Å². The molecule has 4 aromatic carbocycles. The maximum Gasteiger partial charge on any atom is 0.264 e. The van der Waals surface area contributed by atoms with Crippen LogP contribution in [0.4, 0.5) is 5.69 Å². The van der Waals surface area contributed by atoms with E-state index in [0.717, 1.165) is 21.0 Å². The molecule has 47 heavy (non-hydrogen) atoms. The molecule has 0 aliphatic heterocycles. The number of aryl methyl sites for hydroxylation is 1. The van der Waals surface area contributed by atoms with Gasteiger partial charge in [-0.1, -0.05) is 86.1 Å². The molecule has 4 rings (SSSR count). The molecule has 2 amide bonds. The molecule has 4 aromatic rings. The van der Waals surface area contributed by atoms with Gasteiger partial charge in [-0.05, 0) is 60.4 Å². The van der Waals surface area contributed by atoms with E-state index in [-0.39, 0.29) is 41.1 Å². The molecule has 1 atom stereocenters. The molecule has 0 bridgehead atoms. The third-order valence-corrected chi connectivity index (χ3v) is 9.45. The van der Waals surface area contributed by atoms with Crippen molar-refractivity contribution in [3.8, 4) is 11.5 Å². The largest absolute Gasteiger partial charge is 0.497 e. The van der Waals surface area contributed by atoms with Gasteiger partial charge in [0.2, 0.25) is 11.8 Å². The number of carbonyl (C=O) groups excluding carboxylic acids is 2. The highest BCUT2D eigenvalue weighted by Gasteiger charge is 2.35. The molecule has 0 unspecified atom stereocenters. The minimum atomic E-state index is -4.30. The van der Waals surface area contributed by atoms with Crippen LogP contribution in [0, 0.1) is 12.8 Å². The van der Waals surface area contributed by atoms with Crippen molar-refractivity contribution in [3.05, 3.63) is 120 Å². The number of nitrogens with one attached hydrogen (secondary N) is 1. The fraction of sp³-hybridized carbons (Fsp3) is 0.297. The van der Waals surface area contributed by atoms with Crippen molar-refractivity contribution in [1.29, 1.82) is 0 Å². The summed E-state index contributed by atoms with van der Waals surface area (Å²) >= 11 is 0. The van der Waals surface area contributed by atoms with Crippen molar-refractivity contribution < 1.29 is 27.5 Å². The predicted molar refractivity (Wildman–Crippen MR) is 184 cm³/mol. The summed E-state index contributed by atoms with van der Waals surface area (Å²) in [6.07, 6.45) is 0.238. The summed E-state index contributed by atoms with van der Waals surface area (Å²) in [5, 5.41) is 3.01. The molecule has 10 heteroatoms. The van der Waals surface area contributed by atoms with Gasteiger partial charge in [-0.15, -0.1) is 0 Å². The van der Waals surface area contributed by atoms with Crippen molar-refractivity contribution in [2.75, 3.05) is 31.6 Å². The summed E-state index contributed by atoms with van der Waals surface area (Å²) in [5.41, 5.74) is 2.87. The van der Waals surface area contributed by atoms with Crippen molar-refractivity contribution in [2.45, 2.75) is 44.7 Å². The van der Waals surface area contributed by atoms with E-state index in [1.807, 2.05) is 75.4 Å². The number of nitrogens with zero attached hydrogens (tertiary/aromatic N) is 2. The lowest BCUT2D eigenvalue weighted by molar-refractivity contribution is -0.140. The molecule has 0 saturated heterocycles. The third-order valence-electron chi connectivity index (χ3n) is 7.67. The van der Waals surface area contributed by atoms with Gasteiger partial charge in [0.15, 0.2) is 0 Å². The van der Waals surface area contributed by atoms with E-state index in [1.165, 1.54) is 31.3 Å². The van der Waals surface area contributed by atoms with E-state index in [9.17, 15) is 18.0 Å². The smallest absolute Gasteiger partial charge is 0.264 e. The van der Waals surface area contributed by atoms with Crippen LogP contribution in [0.1, 0.15) is 30.5 Å². The topological polar surface area (TPSA) is 105 Å². The van der Waals surface area contributed by atoms with Crippen LogP contribution in [-0.4, -0.2) is 58.5 Å². The van der Waals surface area contributed by atoms with E-state index >= 15 is 0 Å². The minimum Gasteiger partial charge on any atom is -0.497 e. The molecule has 0 heterocycles. The highest BCUT2D eigenvalue weighted by Crippen LogP contribution is 2.33. The minimum absolute atomic E-state index is 0.0299. The molecule has 248 valence electrons. The SMILES string of the molecule is COc1ccc(S(=O)(=O)N(CC(=O)N(Cc2cccc(C)c2)[C@@H](Cc2ccccc2)C(=O)NCC(C)C)c2ccccc2OC)cc1. The highest BCUT2D eigenvalue weighted by molar-refractivity contribution is 7.92. The summed E-state index contributed by atoms with van der Waals surface area (Å²) in [4.78, 5) is 30.0. The lowest BCUT2D eigenvalue weighted by Gasteiger charge is -2.34. The van der Waals surface area contributed by atoms with Crippen LogP contribution < -0.4 is 19.1 Å². The first kappa shape index (κ1) is 35.0. The zero-order chi connectivity index (χ0) is 34.0. The quantitative estimate of drug-likeness (QED) is 0.178. The summed E-state index contributed by atoms with van der Waals surface area (Å²) in [7, 11) is -1.36. The van der Waals surface area contributed by atoms with Crippen LogP contribution in [0.15, 0.2) is 108 Å². The molecule has 0 aliphatic rings. The van der Waals surface area contributed by atoms with Crippen LogP contribution >= 0.6 is 0 Å². The van der Waals surface area contributed by atoms with Crippen molar-refractivity contribution in [2.24, 2.45) is 5.92 Å². The maximum atomic E-state index is 14.6. The Bertz CT molecular complexity index is 1740. The van der Waals surface area contributed by atoms with Gasteiger partial charge in [-0.3, -0.25) is 13.9 Å². The molecule has 0 radical (unpaired) electrons.